The summed E-state index contributed by atoms with van der Waals surface area (Å²) in [4.78, 5) is 23.9. The number of carbonyl (C=O) groups is 2. The summed E-state index contributed by atoms with van der Waals surface area (Å²) in [5.41, 5.74) is 0.431. The molecule has 0 aromatic heterocycles. The maximum atomic E-state index is 12.1. The summed E-state index contributed by atoms with van der Waals surface area (Å²) in [6, 6.07) is 6.66. The van der Waals surface area contributed by atoms with Gasteiger partial charge in [-0.2, -0.15) is 0 Å². The van der Waals surface area contributed by atoms with E-state index in [2.05, 4.69) is 0 Å². The molecular weight excluding hydrogens is 312 g/mol. The van der Waals surface area contributed by atoms with E-state index in [-0.39, 0.29) is 30.3 Å². The van der Waals surface area contributed by atoms with E-state index >= 15 is 0 Å². The second-order valence-corrected chi connectivity index (χ2v) is 5.93. The van der Waals surface area contributed by atoms with E-state index in [0.29, 0.717) is 17.1 Å². The first-order valence-corrected chi connectivity index (χ1v) is 7.73. The normalized spacial score (nSPS) is 29.4. The van der Waals surface area contributed by atoms with Gasteiger partial charge >= 0.3 is 11.9 Å². The second-order valence-electron chi connectivity index (χ2n) is 5.93. The molecule has 1 aliphatic carbocycles. The summed E-state index contributed by atoms with van der Waals surface area (Å²) in [6.07, 6.45) is 5.07. The molecule has 0 spiro atoms. The Kier molecular flexibility index (Phi) is 3.52. The zero-order valence-electron chi connectivity index (χ0n) is 13.0. The topological polar surface area (TPSA) is 71.1 Å². The predicted molar refractivity (Wildman–Crippen MR) is 81.9 cm³/mol. The Morgan fingerprint density at radius 3 is 2.67 bits per heavy atom. The summed E-state index contributed by atoms with van der Waals surface area (Å²) in [5, 5.41) is 0. The molecule has 1 saturated heterocycles. The summed E-state index contributed by atoms with van der Waals surface area (Å²) in [7, 11) is 1.56. The lowest BCUT2D eigenvalue weighted by atomic mass is 9.83. The second kappa shape index (κ2) is 5.70. The standard InChI is InChI=1S/C18H16O6/c1-21-11-4-2-10(3-5-11)16(19)22-9-12-8-15-13-6-7-14(15)18(23-12)24-17(13)20/h2-8,13-15,18H,9H2,1H3/t13-,14?,15-,18+/m1/s1. The van der Waals surface area contributed by atoms with Crippen LogP contribution in [0.2, 0.25) is 0 Å². The molecule has 0 saturated carbocycles. The zero-order valence-corrected chi connectivity index (χ0v) is 13.0. The molecule has 1 fully saturated rings. The van der Waals surface area contributed by atoms with Crippen molar-refractivity contribution in [2.45, 2.75) is 6.29 Å². The quantitative estimate of drug-likeness (QED) is 0.622. The van der Waals surface area contributed by atoms with Crippen LogP contribution in [-0.2, 0) is 19.0 Å². The highest BCUT2D eigenvalue weighted by molar-refractivity contribution is 5.89. The number of ether oxygens (including phenoxy) is 4. The summed E-state index contributed by atoms with van der Waals surface area (Å²) < 4.78 is 21.3. The van der Waals surface area contributed by atoms with Crippen LogP contribution in [0, 0.1) is 17.8 Å². The van der Waals surface area contributed by atoms with Crippen molar-refractivity contribution in [3.63, 3.8) is 0 Å². The van der Waals surface area contributed by atoms with Crippen molar-refractivity contribution in [2.75, 3.05) is 13.7 Å². The molecule has 1 aromatic rings. The van der Waals surface area contributed by atoms with E-state index in [0.717, 1.165) is 0 Å². The number of esters is 2. The number of methoxy groups -OCH3 is 1. The fraction of sp³-hybridized carbons (Fsp3) is 0.333. The minimum atomic E-state index is -0.628. The van der Waals surface area contributed by atoms with Gasteiger partial charge in [0.1, 0.15) is 18.1 Å². The monoisotopic (exact) mass is 328 g/mol. The van der Waals surface area contributed by atoms with Gasteiger partial charge in [-0.25, -0.2) is 4.79 Å². The summed E-state index contributed by atoms with van der Waals surface area (Å²) >= 11 is 0. The molecular formula is C18H16O6. The van der Waals surface area contributed by atoms with Crippen LogP contribution in [0.1, 0.15) is 10.4 Å². The van der Waals surface area contributed by atoms with Crippen molar-refractivity contribution in [3.8, 4) is 5.75 Å². The van der Waals surface area contributed by atoms with E-state index in [4.69, 9.17) is 18.9 Å². The van der Waals surface area contributed by atoms with Gasteiger partial charge in [0, 0.05) is 5.92 Å². The summed E-state index contributed by atoms with van der Waals surface area (Å²) in [5.74, 6) is 0.291. The van der Waals surface area contributed by atoms with E-state index < -0.39 is 12.3 Å². The molecule has 24 heavy (non-hydrogen) atoms. The number of carbonyl (C=O) groups excluding carboxylic acids is 2. The molecule has 4 atom stereocenters. The van der Waals surface area contributed by atoms with Crippen LogP contribution in [0.15, 0.2) is 48.3 Å². The highest BCUT2D eigenvalue weighted by atomic mass is 16.7. The van der Waals surface area contributed by atoms with Crippen molar-refractivity contribution in [1.82, 2.24) is 0 Å². The lowest BCUT2D eigenvalue weighted by Crippen LogP contribution is -2.44. The number of rotatable bonds is 4. The third kappa shape index (κ3) is 2.44. The van der Waals surface area contributed by atoms with Crippen molar-refractivity contribution in [2.24, 2.45) is 17.8 Å². The lowest BCUT2D eigenvalue weighted by Gasteiger charge is -2.38. The largest absolute Gasteiger partial charge is 0.497 e. The number of allylic oxidation sites excluding steroid dienone is 1. The Bertz CT molecular complexity index is 732. The van der Waals surface area contributed by atoms with Crippen LogP contribution in [0.4, 0.5) is 0 Å². The smallest absolute Gasteiger partial charge is 0.338 e. The first kappa shape index (κ1) is 14.8. The van der Waals surface area contributed by atoms with Crippen LogP contribution in [-0.4, -0.2) is 31.9 Å². The SMILES string of the molecule is COc1ccc(C(=O)OCC2=C[C@H]3C4C=C[C@H]3C(=O)O[C@@H]4O2)cc1. The Balaban J connectivity index is 1.41. The fourth-order valence-electron chi connectivity index (χ4n) is 3.27. The predicted octanol–water partition coefficient (Wildman–Crippen LogP) is 2.07. The molecule has 0 radical (unpaired) electrons. The van der Waals surface area contributed by atoms with Crippen molar-refractivity contribution in [1.29, 1.82) is 0 Å². The van der Waals surface area contributed by atoms with Crippen LogP contribution in [0.5, 0.6) is 5.75 Å². The lowest BCUT2D eigenvalue weighted by molar-refractivity contribution is -0.204. The molecule has 0 N–H and O–H groups in total. The average molecular weight is 328 g/mol. The molecule has 1 aromatic carbocycles. The van der Waals surface area contributed by atoms with E-state index in [1.165, 1.54) is 0 Å². The third-order valence-corrected chi connectivity index (χ3v) is 4.54. The number of hydrogen-bond donors (Lipinski definition) is 0. The Hall–Kier alpha value is -2.76. The van der Waals surface area contributed by atoms with Crippen LogP contribution in [0.3, 0.4) is 0 Å². The van der Waals surface area contributed by atoms with Gasteiger partial charge in [0.2, 0.25) is 0 Å². The molecule has 3 aliphatic rings. The van der Waals surface area contributed by atoms with Crippen molar-refractivity contribution < 1.29 is 28.5 Å². The fourth-order valence-corrected chi connectivity index (χ4v) is 3.27. The first-order valence-electron chi connectivity index (χ1n) is 7.73. The minimum Gasteiger partial charge on any atom is -0.497 e. The maximum Gasteiger partial charge on any atom is 0.338 e. The van der Waals surface area contributed by atoms with Gasteiger partial charge < -0.3 is 18.9 Å². The Labute approximate surface area is 138 Å². The van der Waals surface area contributed by atoms with Crippen molar-refractivity contribution in [3.05, 3.63) is 53.8 Å². The van der Waals surface area contributed by atoms with E-state index in [1.54, 1.807) is 31.4 Å². The number of hydrogen-bond acceptors (Lipinski definition) is 6. The van der Waals surface area contributed by atoms with Gasteiger partial charge in [-0.15, -0.1) is 0 Å². The van der Waals surface area contributed by atoms with Gasteiger partial charge in [0.05, 0.1) is 24.5 Å². The molecule has 124 valence electrons. The Morgan fingerprint density at radius 1 is 1.12 bits per heavy atom. The molecule has 6 heteroatoms. The molecule has 4 bridgehead atoms. The molecule has 4 rings (SSSR count). The van der Waals surface area contributed by atoms with Gasteiger partial charge in [-0.1, -0.05) is 12.2 Å². The van der Waals surface area contributed by atoms with Gasteiger partial charge in [0.15, 0.2) is 0 Å². The first-order chi connectivity index (χ1) is 11.7. The average Bonchev–Trinajstić information content (AvgIpc) is 2.95. The van der Waals surface area contributed by atoms with Crippen LogP contribution < -0.4 is 4.74 Å². The van der Waals surface area contributed by atoms with Crippen molar-refractivity contribution >= 4 is 11.9 Å². The van der Waals surface area contributed by atoms with Gasteiger partial charge in [-0.05, 0) is 30.3 Å². The Morgan fingerprint density at radius 2 is 1.92 bits per heavy atom. The zero-order chi connectivity index (χ0) is 16.7. The molecule has 2 heterocycles. The highest BCUT2D eigenvalue weighted by Gasteiger charge is 2.50. The molecule has 2 aliphatic heterocycles. The van der Waals surface area contributed by atoms with Gasteiger partial charge in [-0.3, -0.25) is 4.79 Å². The molecule has 1 unspecified atom stereocenters. The van der Waals surface area contributed by atoms with Crippen LogP contribution >= 0.6 is 0 Å². The van der Waals surface area contributed by atoms with Crippen LogP contribution in [0.25, 0.3) is 0 Å². The molecule has 6 nitrogen and oxygen atoms in total. The van der Waals surface area contributed by atoms with E-state index in [9.17, 15) is 9.59 Å². The third-order valence-electron chi connectivity index (χ3n) is 4.54. The number of benzene rings is 1. The minimum absolute atomic E-state index is 0.00878. The van der Waals surface area contributed by atoms with Gasteiger partial charge in [0.25, 0.3) is 6.29 Å². The van der Waals surface area contributed by atoms with E-state index in [1.807, 2.05) is 18.2 Å². The highest BCUT2D eigenvalue weighted by Crippen LogP contribution is 2.44. The summed E-state index contributed by atoms with van der Waals surface area (Å²) in [6.45, 7) is 0.00878. The molecule has 0 amide bonds. The maximum absolute atomic E-state index is 12.1.